The molecule has 0 saturated carbocycles. The van der Waals surface area contributed by atoms with Crippen molar-refractivity contribution in [3.63, 3.8) is 0 Å². The van der Waals surface area contributed by atoms with Gasteiger partial charge in [-0.05, 0) is 18.2 Å². The number of hydrogen-bond donors (Lipinski definition) is 0. The summed E-state index contributed by atoms with van der Waals surface area (Å²) in [5.74, 6) is 0. The average Bonchev–Trinajstić information content (AvgIpc) is 2.57. The maximum atomic E-state index is 8.34. The molecule has 0 aliphatic carbocycles. The summed E-state index contributed by atoms with van der Waals surface area (Å²) < 4.78 is 1.15. The Labute approximate surface area is 79.8 Å². The van der Waals surface area contributed by atoms with Gasteiger partial charge in [-0.1, -0.05) is 12.1 Å². The van der Waals surface area contributed by atoms with E-state index in [-0.39, 0.29) is 0 Å². The van der Waals surface area contributed by atoms with E-state index in [1.807, 2.05) is 30.3 Å². The second-order valence-corrected chi connectivity index (χ2v) is 3.54. The molecule has 62 valence electrons. The van der Waals surface area contributed by atoms with Gasteiger partial charge in [-0.15, -0.1) is 11.3 Å². The molecule has 0 spiro atoms. The number of hydrogen-bond acceptors (Lipinski definition) is 3. The van der Waals surface area contributed by atoms with E-state index in [9.17, 15) is 0 Å². The van der Waals surface area contributed by atoms with Crippen molar-refractivity contribution < 1.29 is 0 Å². The fourth-order valence-corrected chi connectivity index (χ4v) is 1.94. The molecular weight excluding hydrogens is 180 g/mol. The fourth-order valence-electron chi connectivity index (χ4n) is 1.07. The van der Waals surface area contributed by atoms with Crippen LogP contribution in [0, 0.1) is 11.3 Å². The first-order valence-corrected chi connectivity index (χ1v) is 4.63. The van der Waals surface area contributed by atoms with Crippen LogP contribution in [0.15, 0.2) is 30.3 Å². The Morgan fingerprint density at radius 2 is 2.23 bits per heavy atom. The molecule has 0 unspecified atom stereocenters. The van der Waals surface area contributed by atoms with Gasteiger partial charge in [0, 0.05) is 6.08 Å². The Kier molecular flexibility index (Phi) is 2.07. The maximum Gasteiger partial charge on any atom is 0.118 e. The third-order valence-electron chi connectivity index (χ3n) is 1.61. The van der Waals surface area contributed by atoms with E-state index in [0.29, 0.717) is 0 Å². The molecule has 13 heavy (non-hydrogen) atoms. The topological polar surface area (TPSA) is 36.7 Å². The van der Waals surface area contributed by atoms with Crippen LogP contribution >= 0.6 is 11.3 Å². The normalized spacial score (nSPS) is 10.7. The van der Waals surface area contributed by atoms with Crippen LogP contribution in [0.4, 0.5) is 0 Å². The van der Waals surface area contributed by atoms with Crippen LogP contribution in [0.2, 0.25) is 0 Å². The van der Waals surface area contributed by atoms with E-state index in [4.69, 9.17) is 5.26 Å². The third-order valence-corrected chi connectivity index (χ3v) is 2.61. The lowest BCUT2D eigenvalue weighted by Crippen LogP contribution is -1.66. The summed E-state index contributed by atoms with van der Waals surface area (Å²) in [4.78, 5) is 4.33. The Hall–Kier alpha value is -1.66. The number of allylic oxidation sites excluding steroid dienone is 1. The lowest BCUT2D eigenvalue weighted by Gasteiger charge is -1.80. The van der Waals surface area contributed by atoms with Crippen LogP contribution in [0.25, 0.3) is 16.3 Å². The standard InChI is InChI=1S/C10H6N2S/c11-7-3-6-10-12-8-4-1-2-5-9(8)13-10/h1-6H. The predicted molar refractivity (Wildman–Crippen MR) is 54.3 cm³/mol. The first-order chi connectivity index (χ1) is 6.40. The first-order valence-electron chi connectivity index (χ1n) is 3.82. The Bertz CT molecular complexity index is 458. The molecule has 0 atom stereocenters. The van der Waals surface area contributed by atoms with Gasteiger partial charge in [0.05, 0.1) is 16.3 Å². The van der Waals surface area contributed by atoms with Crippen molar-refractivity contribution >= 4 is 27.6 Å². The van der Waals surface area contributed by atoms with E-state index in [2.05, 4.69) is 4.98 Å². The number of rotatable bonds is 1. The molecule has 1 heterocycles. The largest absolute Gasteiger partial charge is 0.237 e. The highest BCUT2D eigenvalue weighted by Crippen LogP contribution is 2.22. The van der Waals surface area contributed by atoms with Crippen molar-refractivity contribution in [2.45, 2.75) is 0 Å². The molecule has 1 aromatic heterocycles. The van der Waals surface area contributed by atoms with Gasteiger partial charge in [0.25, 0.3) is 0 Å². The van der Waals surface area contributed by atoms with E-state index < -0.39 is 0 Å². The highest BCUT2D eigenvalue weighted by molar-refractivity contribution is 7.19. The summed E-state index contributed by atoms with van der Waals surface area (Å²) in [6, 6.07) is 9.88. The second kappa shape index (κ2) is 3.38. The van der Waals surface area contributed by atoms with Crippen molar-refractivity contribution in [3.05, 3.63) is 35.3 Å². The smallest absolute Gasteiger partial charge is 0.118 e. The van der Waals surface area contributed by atoms with Gasteiger partial charge in [-0.25, -0.2) is 4.98 Å². The minimum atomic E-state index is 0.878. The van der Waals surface area contributed by atoms with Gasteiger partial charge in [-0.2, -0.15) is 5.26 Å². The molecule has 2 rings (SSSR count). The van der Waals surface area contributed by atoms with Crippen LogP contribution in [0.3, 0.4) is 0 Å². The van der Waals surface area contributed by atoms with Crippen LogP contribution < -0.4 is 0 Å². The Balaban J connectivity index is 2.51. The van der Waals surface area contributed by atoms with Gasteiger partial charge in [0.15, 0.2) is 0 Å². The zero-order valence-electron chi connectivity index (χ0n) is 6.77. The summed E-state index contributed by atoms with van der Waals surface area (Å²) in [5, 5.41) is 9.22. The van der Waals surface area contributed by atoms with Crippen molar-refractivity contribution in [3.8, 4) is 6.07 Å². The minimum Gasteiger partial charge on any atom is -0.237 e. The summed E-state index contributed by atoms with van der Waals surface area (Å²) in [6.45, 7) is 0. The molecule has 0 fully saturated rings. The Morgan fingerprint density at radius 3 is 3.00 bits per heavy atom. The summed E-state index contributed by atoms with van der Waals surface area (Å²) in [7, 11) is 0. The van der Waals surface area contributed by atoms with Gasteiger partial charge < -0.3 is 0 Å². The lowest BCUT2D eigenvalue weighted by atomic mass is 10.3. The molecule has 2 aromatic rings. The lowest BCUT2D eigenvalue weighted by molar-refractivity contribution is 1.46. The molecule has 0 amide bonds. The van der Waals surface area contributed by atoms with Crippen molar-refractivity contribution in [2.24, 2.45) is 0 Å². The number of nitriles is 1. The van der Waals surface area contributed by atoms with E-state index in [1.54, 1.807) is 17.4 Å². The van der Waals surface area contributed by atoms with Crippen LogP contribution in [0.5, 0.6) is 0 Å². The minimum absolute atomic E-state index is 0.878. The summed E-state index contributed by atoms with van der Waals surface area (Å²) in [5.41, 5.74) is 0.991. The number of fused-ring (bicyclic) bond motifs is 1. The number of benzene rings is 1. The third kappa shape index (κ3) is 1.58. The zero-order valence-corrected chi connectivity index (χ0v) is 7.58. The van der Waals surface area contributed by atoms with Crippen molar-refractivity contribution in [1.82, 2.24) is 4.98 Å². The number of thiazole rings is 1. The summed E-state index contributed by atoms with van der Waals surface area (Å²) >= 11 is 1.59. The second-order valence-electron chi connectivity index (χ2n) is 2.48. The maximum absolute atomic E-state index is 8.34. The van der Waals surface area contributed by atoms with Crippen LogP contribution in [0.1, 0.15) is 5.01 Å². The van der Waals surface area contributed by atoms with Crippen molar-refractivity contribution in [1.29, 1.82) is 5.26 Å². The fraction of sp³-hybridized carbons (Fsp3) is 0. The molecule has 0 radical (unpaired) electrons. The number of nitrogens with zero attached hydrogens (tertiary/aromatic N) is 2. The SMILES string of the molecule is N#CC=Cc1nc2ccccc2s1. The zero-order chi connectivity index (χ0) is 9.10. The molecule has 0 saturated heterocycles. The van der Waals surface area contributed by atoms with Crippen LogP contribution in [-0.2, 0) is 0 Å². The molecule has 2 nitrogen and oxygen atoms in total. The average molecular weight is 186 g/mol. The molecule has 0 aliphatic rings. The van der Waals surface area contributed by atoms with Crippen molar-refractivity contribution in [2.75, 3.05) is 0 Å². The summed E-state index contributed by atoms with van der Waals surface area (Å²) in [6.07, 6.45) is 3.17. The monoisotopic (exact) mass is 186 g/mol. The van der Waals surface area contributed by atoms with Gasteiger partial charge in [0.2, 0.25) is 0 Å². The van der Waals surface area contributed by atoms with E-state index >= 15 is 0 Å². The molecule has 0 aliphatic heterocycles. The van der Waals surface area contributed by atoms with E-state index in [1.165, 1.54) is 6.08 Å². The highest BCUT2D eigenvalue weighted by atomic mass is 32.1. The van der Waals surface area contributed by atoms with Gasteiger partial charge >= 0.3 is 0 Å². The number of aromatic nitrogens is 1. The highest BCUT2D eigenvalue weighted by Gasteiger charge is 1.98. The molecule has 0 N–H and O–H groups in total. The Morgan fingerprint density at radius 1 is 1.38 bits per heavy atom. The molecule has 1 aromatic carbocycles. The van der Waals surface area contributed by atoms with Crippen LogP contribution in [-0.4, -0.2) is 4.98 Å². The number of para-hydroxylation sites is 1. The first kappa shape index (κ1) is 7.96. The quantitative estimate of drug-likeness (QED) is 0.642. The molecule has 0 bridgehead atoms. The van der Waals surface area contributed by atoms with E-state index in [0.717, 1.165) is 15.2 Å². The molecular formula is C10H6N2S. The van der Waals surface area contributed by atoms with Gasteiger partial charge in [0.1, 0.15) is 5.01 Å². The van der Waals surface area contributed by atoms with Gasteiger partial charge in [-0.3, -0.25) is 0 Å². The predicted octanol–water partition coefficient (Wildman–Crippen LogP) is 2.83. The molecule has 3 heteroatoms.